The van der Waals surface area contributed by atoms with Crippen molar-refractivity contribution in [2.24, 2.45) is 0 Å². The first-order valence-corrected chi connectivity index (χ1v) is 3.81. The smallest absolute Gasteiger partial charge is 0.125 e. The van der Waals surface area contributed by atoms with E-state index in [-0.39, 0.29) is 30.6 Å². The van der Waals surface area contributed by atoms with Crippen molar-refractivity contribution in [1.29, 1.82) is 0 Å². The lowest BCUT2D eigenvalue weighted by Gasteiger charge is -2.05. The Labute approximate surface area is 98.9 Å². The van der Waals surface area contributed by atoms with Gasteiger partial charge in [-0.25, -0.2) is 9.37 Å². The molecule has 0 saturated heterocycles. The Bertz CT molecular complexity index is 417. The number of nitrogens with two attached hydrogens (primary N) is 1. The monoisotopic (exact) mass is 249 g/mol. The molecule has 2 N–H and O–H groups in total. The third-order valence-corrected chi connectivity index (χ3v) is 1.77. The van der Waals surface area contributed by atoms with E-state index in [2.05, 4.69) is 4.98 Å². The van der Waals surface area contributed by atoms with Gasteiger partial charge in [-0.1, -0.05) is 0 Å². The molecule has 15 heavy (non-hydrogen) atoms. The van der Waals surface area contributed by atoms with Crippen LogP contribution >= 0.6 is 24.8 Å². The minimum Gasteiger partial charge on any atom is -0.397 e. The number of benzene rings is 1. The Morgan fingerprint density at radius 2 is 2.00 bits per heavy atom. The summed E-state index contributed by atoms with van der Waals surface area (Å²) in [6.45, 7) is 0. The van der Waals surface area contributed by atoms with Crippen LogP contribution in [-0.4, -0.2) is 9.55 Å². The van der Waals surface area contributed by atoms with Crippen LogP contribution < -0.4 is 5.73 Å². The first-order chi connectivity index (χ1) is 6.27. The zero-order valence-corrected chi connectivity index (χ0v) is 9.26. The molecule has 0 aliphatic rings. The zero-order chi connectivity index (χ0) is 9.26. The van der Waals surface area contributed by atoms with Crippen LogP contribution in [0.3, 0.4) is 0 Å². The number of hydrogen-bond donors (Lipinski definition) is 1. The summed E-state index contributed by atoms with van der Waals surface area (Å²) in [5, 5.41) is 0. The largest absolute Gasteiger partial charge is 0.397 e. The van der Waals surface area contributed by atoms with Crippen molar-refractivity contribution in [3.8, 4) is 5.69 Å². The maximum atomic E-state index is 12.7. The van der Waals surface area contributed by atoms with Gasteiger partial charge in [0.25, 0.3) is 0 Å². The van der Waals surface area contributed by atoms with Crippen LogP contribution in [0.4, 0.5) is 10.1 Å². The molecular formula is C9H10Cl2FN3. The Hall–Kier alpha value is -1.26. The average Bonchev–Trinajstić information content (AvgIpc) is 2.56. The summed E-state index contributed by atoms with van der Waals surface area (Å²) in [6.07, 6.45) is 5.01. The number of halogens is 3. The van der Waals surface area contributed by atoms with Crippen LogP contribution in [0, 0.1) is 5.82 Å². The second kappa shape index (κ2) is 5.58. The first-order valence-electron chi connectivity index (χ1n) is 3.81. The van der Waals surface area contributed by atoms with Crippen LogP contribution in [0.25, 0.3) is 5.69 Å². The van der Waals surface area contributed by atoms with Crippen molar-refractivity contribution in [2.45, 2.75) is 0 Å². The second-order valence-electron chi connectivity index (χ2n) is 2.67. The van der Waals surface area contributed by atoms with Gasteiger partial charge in [0.1, 0.15) is 5.82 Å². The van der Waals surface area contributed by atoms with Crippen LogP contribution in [0.15, 0.2) is 36.9 Å². The lowest BCUT2D eigenvalue weighted by atomic mass is 10.2. The average molecular weight is 250 g/mol. The number of hydrogen-bond acceptors (Lipinski definition) is 2. The molecule has 1 heterocycles. The predicted octanol–water partition coefficient (Wildman–Crippen LogP) is 2.44. The Morgan fingerprint density at radius 3 is 2.53 bits per heavy atom. The minimum atomic E-state index is -0.332. The van der Waals surface area contributed by atoms with Gasteiger partial charge in [-0.3, -0.25) is 0 Å². The fourth-order valence-electron chi connectivity index (χ4n) is 1.16. The molecule has 0 atom stereocenters. The zero-order valence-electron chi connectivity index (χ0n) is 7.63. The van der Waals surface area contributed by atoms with Crippen molar-refractivity contribution < 1.29 is 4.39 Å². The maximum Gasteiger partial charge on any atom is 0.125 e. The third-order valence-electron chi connectivity index (χ3n) is 1.77. The summed E-state index contributed by atoms with van der Waals surface area (Å²) < 4.78 is 14.4. The fourth-order valence-corrected chi connectivity index (χ4v) is 1.16. The van der Waals surface area contributed by atoms with Gasteiger partial charge in [0.2, 0.25) is 0 Å². The molecule has 2 rings (SSSR count). The third kappa shape index (κ3) is 2.84. The highest BCUT2D eigenvalue weighted by molar-refractivity contribution is 5.85. The van der Waals surface area contributed by atoms with Gasteiger partial charge in [0, 0.05) is 12.4 Å². The van der Waals surface area contributed by atoms with Gasteiger partial charge in [0.05, 0.1) is 17.7 Å². The van der Waals surface area contributed by atoms with Crippen molar-refractivity contribution in [3.63, 3.8) is 0 Å². The molecule has 3 nitrogen and oxygen atoms in total. The quantitative estimate of drug-likeness (QED) is 0.790. The predicted molar refractivity (Wildman–Crippen MR) is 62.4 cm³/mol. The highest BCUT2D eigenvalue weighted by atomic mass is 35.5. The fraction of sp³-hybridized carbons (Fsp3) is 0. The normalized spacial score (nSPS) is 8.87. The molecule has 0 bridgehead atoms. The number of aromatic nitrogens is 2. The minimum absolute atomic E-state index is 0. The summed E-state index contributed by atoms with van der Waals surface area (Å²) in [5.41, 5.74) is 6.76. The van der Waals surface area contributed by atoms with E-state index >= 15 is 0 Å². The van der Waals surface area contributed by atoms with E-state index in [9.17, 15) is 4.39 Å². The van der Waals surface area contributed by atoms with Crippen LogP contribution in [0.5, 0.6) is 0 Å². The standard InChI is InChI=1S/C9H8FN3.2ClH/c10-7-1-2-9(8(11)5-7)13-4-3-12-6-13;;/h1-6H,11H2;2*1H. The van der Waals surface area contributed by atoms with E-state index in [1.807, 2.05) is 0 Å². The van der Waals surface area contributed by atoms with Crippen molar-refractivity contribution in [2.75, 3.05) is 5.73 Å². The van der Waals surface area contributed by atoms with Crippen molar-refractivity contribution in [3.05, 3.63) is 42.7 Å². The Kier molecular flexibility index (Phi) is 5.11. The van der Waals surface area contributed by atoms with E-state index in [1.54, 1.807) is 29.4 Å². The van der Waals surface area contributed by atoms with Gasteiger partial charge in [-0.2, -0.15) is 0 Å². The van der Waals surface area contributed by atoms with Crippen LogP contribution in [0.2, 0.25) is 0 Å². The molecule has 0 amide bonds. The van der Waals surface area contributed by atoms with Gasteiger partial charge in [0.15, 0.2) is 0 Å². The molecule has 2 aromatic rings. The maximum absolute atomic E-state index is 12.7. The molecule has 0 aliphatic heterocycles. The molecule has 0 spiro atoms. The molecule has 0 radical (unpaired) electrons. The molecule has 6 heteroatoms. The summed E-state index contributed by atoms with van der Waals surface area (Å²) in [5.74, 6) is -0.332. The van der Waals surface area contributed by atoms with Crippen molar-refractivity contribution >= 4 is 30.5 Å². The van der Waals surface area contributed by atoms with E-state index in [0.717, 1.165) is 5.69 Å². The van der Waals surface area contributed by atoms with Crippen molar-refractivity contribution in [1.82, 2.24) is 9.55 Å². The van der Waals surface area contributed by atoms with E-state index < -0.39 is 0 Å². The van der Waals surface area contributed by atoms with Gasteiger partial charge >= 0.3 is 0 Å². The molecular weight excluding hydrogens is 240 g/mol. The van der Waals surface area contributed by atoms with E-state index in [1.165, 1.54) is 12.1 Å². The topological polar surface area (TPSA) is 43.8 Å². The van der Waals surface area contributed by atoms with Gasteiger partial charge in [-0.05, 0) is 18.2 Å². The Balaban J connectivity index is 0.000000980. The second-order valence-corrected chi connectivity index (χ2v) is 2.67. The lowest BCUT2D eigenvalue weighted by Crippen LogP contribution is -1.97. The number of anilines is 1. The Morgan fingerprint density at radius 1 is 1.27 bits per heavy atom. The molecule has 1 aromatic carbocycles. The van der Waals surface area contributed by atoms with E-state index in [0.29, 0.717) is 5.69 Å². The number of nitrogens with zero attached hydrogens (tertiary/aromatic N) is 2. The lowest BCUT2D eigenvalue weighted by molar-refractivity contribution is 0.628. The molecule has 0 fully saturated rings. The molecule has 0 saturated carbocycles. The summed E-state index contributed by atoms with van der Waals surface area (Å²) in [6, 6.07) is 4.27. The molecule has 82 valence electrons. The number of rotatable bonds is 1. The first kappa shape index (κ1) is 13.7. The van der Waals surface area contributed by atoms with Gasteiger partial charge < -0.3 is 10.3 Å². The SMILES string of the molecule is Cl.Cl.Nc1cc(F)ccc1-n1ccnc1. The van der Waals surface area contributed by atoms with Crippen LogP contribution in [0.1, 0.15) is 0 Å². The molecule has 1 aromatic heterocycles. The summed E-state index contributed by atoms with van der Waals surface area (Å²) in [4.78, 5) is 3.88. The number of imidazole rings is 1. The van der Waals surface area contributed by atoms with Gasteiger partial charge in [-0.15, -0.1) is 24.8 Å². The molecule has 0 unspecified atom stereocenters. The highest BCUT2D eigenvalue weighted by Crippen LogP contribution is 2.17. The summed E-state index contributed by atoms with van der Waals surface area (Å²) in [7, 11) is 0. The number of nitrogen functional groups attached to an aromatic ring is 1. The summed E-state index contributed by atoms with van der Waals surface area (Å²) >= 11 is 0. The van der Waals surface area contributed by atoms with Crippen LogP contribution in [-0.2, 0) is 0 Å². The highest BCUT2D eigenvalue weighted by Gasteiger charge is 2.01. The van der Waals surface area contributed by atoms with E-state index in [4.69, 9.17) is 5.73 Å². The molecule has 0 aliphatic carbocycles.